The zero-order valence-electron chi connectivity index (χ0n) is 12.0. The highest BCUT2D eigenvalue weighted by atomic mass is 16.1. The maximum absolute atomic E-state index is 12.4. The van der Waals surface area contributed by atoms with Gasteiger partial charge in [-0.2, -0.15) is 0 Å². The van der Waals surface area contributed by atoms with Gasteiger partial charge in [0.2, 0.25) is 0 Å². The molecule has 1 heterocycles. The molecule has 0 saturated heterocycles. The van der Waals surface area contributed by atoms with E-state index in [4.69, 9.17) is 5.73 Å². The Morgan fingerprint density at radius 1 is 1.28 bits per heavy atom. The van der Waals surface area contributed by atoms with Crippen LogP contribution in [0.2, 0.25) is 0 Å². The van der Waals surface area contributed by atoms with Gasteiger partial charge >= 0.3 is 0 Å². The lowest BCUT2D eigenvalue weighted by molar-refractivity contribution is 0.281. The van der Waals surface area contributed by atoms with Gasteiger partial charge in [0.15, 0.2) is 0 Å². The van der Waals surface area contributed by atoms with Gasteiger partial charge in [0.05, 0.1) is 11.2 Å². The van der Waals surface area contributed by atoms with E-state index in [2.05, 4.69) is 32.4 Å². The monoisotopic (exact) mass is 251 g/mol. The molecule has 4 nitrogen and oxygen atoms in total. The summed E-state index contributed by atoms with van der Waals surface area (Å²) in [4.78, 5) is 12.4. The number of nitrogen functional groups attached to an aromatic ring is 1. The van der Waals surface area contributed by atoms with Gasteiger partial charge in [-0.1, -0.05) is 12.8 Å². The number of hydrogen-bond acceptors (Lipinski definition) is 2. The summed E-state index contributed by atoms with van der Waals surface area (Å²) in [5.74, 6) is 0.473. The zero-order valence-corrected chi connectivity index (χ0v) is 12.0. The third kappa shape index (κ3) is 1.98. The highest BCUT2D eigenvalue weighted by molar-refractivity contribution is 5.44. The second kappa shape index (κ2) is 4.48. The van der Waals surface area contributed by atoms with Gasteiger partial charge in [0, 0.05) is 12.5 Å². The van der Waals surface area contributed by atoms with Crippen molar-refractivity contribution in [2.75, 3.05) is 5.73 Å². The molecule has 2 rings (SSSR count). The lowest BCUT2D eigenvalue weighted by Crippen LogP contribution is -2.37. The van der Waals surface area contributed by atoms with Crippen LogP contribution in [-0.2, 0) is 12.1 Å². The summed E-state index contributed by atoms with van der Waals surface area (Å²) in [5, 5.41) is 0. The molecule has 1 saturated carbocycles. The summed E-state index contributed by atoms with van der Waals surface area (Å²) < 4.78 is 3.93. The van der Waals surface area contributed by atoms with Crippen LogP contribution in [0, 0.1) is 0 Å². The van der Waals surface area contributed by atoms with Gasteiger partial charge in [-0.05, 0) is 40.5 Å². The highest BCUT2D eigenvalue weighted by Crippen LogP contribution is 2.36. The van der Waals surface area contributed by atoms with Crippen molar-refractivity contribution in [3.8, 4) is 0 Å². The minimum Gasteiger partial charge on any atom is -0.393 e. The van der Waals surface area contributed by atoms with Gasteiger partial charge in [-0.25, -0.2) is 4.68 Å². The van der Waals surface area contributed by atoms with Crippen LogP contribution in [0.1, 0.15) is 65.0 Å². The molecule has 0 spiro atoms. The Morgan fingerprint density at radius 2 is 1.83 bits per heavy atom. The van der Waals surface area contributed by atoms with Crippen LogP contribution in [-0.4, -0.2) is 9.36 Å². The molecular weight excluding hydrogens is 226 g/mol. The molecule has 18 heavy (non-hydrogen) atoms. The minimum atomic E-state index is -0.224. The number of nitrogens with two attached hydrogens (primary N) is 1. The topological polar surface area (TPSA) is 52.9 Å². The van der Waals surface area contributed by atoms with Crippen molar-refractivity contribution in [1.82, 2.24) is 9.36 Å². The van der Waals surface area contributed by atoms with Crippen LogP contribution in [0.3, 0.4) is 0 Å². The Balaban J connectivity index is 2.63. The molecular formula is C14H25N3O. The molecule has 102 valence electrons. The van der Waals surface area contributed by atoms with Crippen LogP contribution in [0.5, 0.6) is 0 Å². The first-order valence-electron chi connectivity index (χ1n) is 6.99. The Hall–Kier alpha value is -1.19. The van der Waals surface area contributed by atoms with Crippen molar-refractivity contribution in [2.24, 2.45) is 0 Å². The molecule has 0 amide bonds. The molecule has 0 radical (unpaired) electrons. The number of rotatable bonds is 2. The number of aromatic nitrogens is 2. The van der Waals surface area contributed by atoms with Gasteiger partial charge in [0.1, 0.15) is 5.69 Å². The third-order valence-electron chi connectivity index (χ3n) is 3.90. The van der Waals surface area contributed by atoms with E-state index in [-0.39, 0.29) is 11.1 Å². The maximum Gasteiger partial charge on any atom is 0.290 e. The van der Waals surface area contributed by atoms with Crippen LogP contribution in [0.4, 0.5) is 5.69 Å². The first-order valence-corrected chi connectivity index (χ1v) is 6.99. The minimum absolute atomic E-state index is 0.0220. The number of nitrogens with zero attached hydrogens (tertiary/aromatic N) is 2. The van der Waals surface area contributed by atoms with Gasteiger partial charge < -0.3 is 5.73 Å². The normalized spacial score (nSPS) is 17.6. The molecule has 1 fully saturated rings. The molecule has 0 atom stereocenters. The summed E-state index contributed by atoms with van der Waals surface area (Å²) in [7, 11) is 0. The molecule has 0 aromatic carbocycles. The van der Waals surface area contributed by atoms with Crippen LogP contribution in [0.25, 0.3) is 0 Å². The first-order chi connectivity index (χ1) is 8.38. The summed E-state index contributed by atoms with van der Waals surface area (Å²) in [5.41, 5.74) is 7.41. The fourth-order valence-electron chi connectivity index (χ4n) is 3.19. The van der Waals surface area contributed by atoms with E-state index in [9.17, 15) is 4.79 Å². The molecule has 4 heteroatoms. The van der Waals surface area contributed by atoms with Gasteiger partial charge in [0.25, 0.3) is 5.56 Å². The summed E-state index contributed by atoms with van der Waals surface area (Å²) in [6.45, 7) is 9.05. The number of hydrogen-bond donors (Lipinski definition) is 1. The van der Waals surface area contributed by atoms with Crippen molar-refractivity contribution < 1.29 is 0 Å². The lowest BCUT2D eigenvalue weighted by atomic mass is 10.0. The summed E-state index contributed by atoms with van der Waals surface area (Å²) in [6, 6.07) is 0. The van der Waals surface area contributed by atoms with Crippen LogP contribution >= 0.6 is 0 Å². The van der Waals surface area contributed by atoms with Crippen molar-refractivity contribution in [3.63, 3.8) is 0 Å². The molecule has 0 unspecified atom stereocenters. The molecule has 0 aliphatic heterocycles. The second-order valence-electron chi connectivity index (χ2n) is 6.28. The SMILES string of the molecule is CCn1c(C2CCCC2)c(N)c(=O)n1C(C)(C)C. The highest BCUT2D eigenvalue weighted by Gasteiger charge is 2.30. The van der Waals surface area contributed by atoms with E-state index in [1.807, 2.05) is 4.68 Å². The predicted octanol–water partition coefficient (Wildman–Crippen LogP) is 2.66. The summed E-state index contributed by atoms with van der Waals surface area (Å²) in [6.07, 6.45) is 4.83. The molecule has 1 aromatic rings. The van der Waals surface area contributed by atoms with Gasteiger partial charge in [-0.15, -0.1) is 0 Å². The zero-order chi connectivity index (χ0) is 13.5. The van der Waals surface area contributed by atoms with Crippen LogP contribution < -0.4 is 11.3 Å². The Labute approximate surface area is 109 Å². The lowest BCUT2D eigenvalue weighted by Gasteiger charge is -2.26. The fraction of sp³-hybridized carbons (Fsp3) is 0.786. The fourth-order valence-corrected chi connectivity index (χ4v) is 3.19. The second-order valence-corrected chi connectivity index (χ2v) is 6.28. The Morgan fingerprint density at radius 3 is 2.28 bits per heavy atom. The predicted molar refractivity (Wildman–Crippen MR) is 75.0 cm³/mol. The average Bonchev–Trinajstić information content (AvgIpc) is 2.85. The quantitative estimate of drug-likeness (QED) is 0.878. The Bertz CT molecular complexity index is 484. The molecule has 1 aliphatic rings. The molecule has 0 bridgehead atoms. The standard InChI is InChI=1S/C14H25N3O/c1-5-16-12(10-8-6-7-9-10)11(15)13(18)17(16)14(2,3)4/h10H,5-9,15H2,1-4H3. The van der Waals surface area contributed by atoms with Crippen molar-refractivity contribution in [3.05, 3.63) is 16.0 Å². The average molecular weight is 251 g/mol. The smallest absolute Gasteiger partial charge is 0.290 e. The number of anilines is 1. The van der Waals surface area contributed by atoms with Crippen molar-refractivity contribution >= 4 is 5.69 Å². The molecule has 1 aromatic heterocycles. The van der Waals surface area contributed by atoms with Crippen molar-refractivity contribution in [2.45, 2.75) is 71.4 Å². The van der Waals surface area contributed by atoms with E-state index < -0.39 is 0 Å². The largest absolute Gasteiger partial charge is 0.393 e. The van der Waals surface area contributed by atoms with E-state index in [1.165, 1.54) is 12.8 Å². The third-order valence-corrected chi connectivity index (χ3v) is 3.90. The molecule has 1 aliphatic carbocycles. The van der Waals surface area contributed by atoms with Crippen LogP contribution in [0.15, 0.2) is 4.79 Å². The van der Waals surface area contributed by atoms with E-state index in [1.54, 1.807) is 0 Å². The van der Waals surface area contributed by atoms with E-state index in [0.717, 1.165) is 25.1 Å². The molecule has 2 N–H and O–H groups in total. The Kier molecular flexibility index (Phi) is 3.30. The summed E-state index contributed by atoms with van der Waals surface area (Å²) >= 11 is 0. The van der Waals surface area contributed by atoms with Gasteiger partial charge in [-0.3, -0.25) is 9.48 Å². The van der Waals surface area contributed by atoms with E-state index >= 15 is 0 Å². The van der Waals surface area contributed by atoms with E-state index in [0.29, 0.717) is 11.6 Å². The van der Waals surface area contributed by atoms with Crippen molar-refractivity contribution in [1.29, 1.82) is 0 Å². The maximum atomic E-state index is 12.4. The first kappa shape index (κ1) is 13.2.